The summed E-state index contributed by atoms with van der Waals surface area (Å²) in [6.07, 6.45) is 1.75. The molecule has 0 saturated heterocycles. The van der Waals surface area contributed by atoms with Crippen LogP contribution in [0.15, 0.2) is 72.8 Å². The molecule has 3 aromatic carbocycles. The lowest BCUT2D eigenvalue weighted by Crippen LogP contribution is -2.24. The molecular weight excluding hydrogens is 365 g/mol. The molecule has 4 heteroatoms. The topological polar surface area (TPSA) is 38.3 Å². The second-order valence-corrected chi connectivity index (χ2v) is 8.00. The molecule has 1 N–H and O–H groups in total. The van der Waals surface area contributed by atoms with Gasteiger partial charge >= 0.3 is 5.97 Å². The van der Waals surface area contributed by atoms with E-state index in [1.165, 1.54) is 17.7 Å². The number of esters is 1. The molecule has 3 rings (SSSR count). The largest absolute Gasteiger partial charge is 0.456 e. The van der Waals surface area contributed by atoms with Gasteiger partial charge in [-0.1, -0.05) is 36.4 Å². The fraction of sp³-hybridized carbons (Fsp3) is 0.240. The summed E-state index contributed by atoms with van der Waals surface area (Å²) in [6.45, 7) is 5.52. The average Bonchev–Trinajstić information content (AvgIpc) is 2.68. The van der Waals surface area contributed by atoms with Crippen molar-refractivity contribution in [2.75, 3.05) is 5.32 Å². The highest BCUT2D eigenvalue weighted by Crippen LogP contribution is 2.26. The molecule has 3 nitrogen and oxygen atoms in total. The number of carbonyl (C=O) groups is 1. The highest BCUT2D eigenvalue weighted by molar-refractivity contribution is 5.97. The van der Waals surface area contributed by atoms with E-state index >= 15 is 0 Å². The molecule has 0 bridgehead atoms. The molecular formula is C25H26FNO2. The van der Waals surface area contributed by atoms with Crippen molar-refractivity contribution in [3.63, 3.8) is 0 Å². The van der Waals surface area contributed by atoms with E-state index in [0.29, 0.717) is 16.9 Å². The van der Waals surface area contributed by atoms with Crippen molar-refractivity contribution in [1.29, 1.82) is 0 Å². The Hall–Kier alpha value is -3.14. The van der Waals surface area contributed by atoms with Crippen LogP contribution in [-0.2, 0) is 17.6 Å². The molecule has 150 valence electrons. The second kappa shape index (κ2) is 8.91. The second-order valence-electron chi connectivity index (χ2n) is 8.00. The summed E-state index contributed by atoms with van der Waals surface area (Å²) in [5.74, 6) is -0.698. The van der Waals surface area contributed by atoms with Gasteiger partial charge in [0.2, 0.25) is 0 Å². The zero-order valence-corrected chi connectivity index (χ0v) is 17.0. The fourth-order valence-corrected chi connectivity index (χ4v) is 2.98. The Morgan fingerprint density at radius 2 is 1.55 bits per heavy atom. The number of hydrogen-bond donors (Lipinski definition) is 1. The molecule has 0 unspecified atom stereocenters. The molecule has 0 aliphatic heterocycles. The Bertz CT molecular complexity index is 960. The zero-order valence-electron chi connectivity index (χ0n) is 17.0. The lowest BCUT2D eigenvalue weighted by atomic mass is 10.0. The molecule has 0 aliphatic rings. The molecule has 0 amide bonds. The Morgan fingerprint density at radius 3 is 2.21 bits per heavy atom. The predicted molar refractivity (Wildman–Crippen MR) is 115 cm³/mol. The van der Waals surface area contributed by atoms with E-state index in [1.807, 2.05) is 51.1 Å². The summed E-state index contributed by atoms with van der Waals surface area (Å²) < 4.78 is 18.8. The first-order valence-corrected chi connectivity index (χ1v) is 9.73. The van der Waals surface area contributed by atoms with Crippen LogP contribution in [0.2, 0.25) is 0 Å². The van der Waals surface area contributed by atoms with Crippen LogP contribution in [0.3, 0.4) is 0 Å². The number of benzene rings is 3. The van der Waals surface area contributed by atoms with Crippen molar-refractivity contribution in [1.82, 2.24) is 0 Å². The minimum Gasteiger partial charge on any atom is -0.456 e. The standard InChI is InChI=1S/C25H26FNO2/c1-25(2,3)29-24(28)22-16-11-19(10-9-18-7-5-4-6-8-18)17-23(22)27-21-14-12-20(26)13-15-21/h4-8,11-17,27H,9-10H2,1-3H3. The summed E-state index contributed by atoms with van der Waals surface area (Å²) in [7, 11) is 0. The van der Waals surface area contributed by atoms with E-state index in [0.717, 1.165) is 18.4 Å². The average molecular weight is 391 g/mol. The van der Waals surface area contributed by atoms with Gasteiger partial charge in [-0.3, -0.25) is 0 Å². The van der Waals surface area contributed by atoms with Crippen molar-refractivity contribution in [2.24, 2.45) is 0 Å². The maximum absolute atomic E-state index is 13.2. The van der Waals surface area contributed by atoms with Crippen molar-refractivity contribution < 1.29 is 13.9 Å². The van der Waals surface area contributed by atoms with E-state index in [1.54, 1.807) is 18.2 Å². The minimum absolute atomic E-state index is 0.306. The van der Waals surface area contributed by atoms with Gasteiger partial charge < -0.3 is 10.1 Å². The van der Waals surface area contributed by atoms with Crippen LogP contribution in [0.4, 0.5) is 15.8 Å². The number of halogens is 1. The van der Waals surface area contributed by atoms with Crippen LogP contribution in [0.25, 0.3) is 0 Å². The Labute approximate surface area is 171 Å². The summed E-state index contributed by atoms with van der Waals surface area (Å²) >= 11 is 0. The monoisotopic (exact) mass is 391 g/mol. The van der Waals surface area contributed by atoms with Gasteiger partial charge in [-0.15, -0.1) is 0 Å². The van der Waals surface area contributed by atoms with E-state index in [-0.39, 0.29) is 5.82 Å². The minimum atomic E-state index is -0.587. The number of hydrogen-bond acceptors (Lipinski definition) is 3. The number of anilines is 2. The molecule has 3 aromatic rings. The smallest absolute Gasteiger partial charge is 0.340 e. The first kappa shape index (κ1) is 20.6. The molecule has 0 spiro atoms. The van der Waals surface area contributed by atoms with Crippen LogP contribution in [0.5, 0.6) is 0 Å². The van der Waals surface area contributed by atoms with Gasteiger partial charge in [0.25, 0.3) is 0 Å². The summed E-state index contributed by atoms with van der Waals surface area (Å²) in [5.41, 5.74) is 3.58. The Balaban J connectivity index is 1.86. The highest BCUT2D eigenvalue weighted by Gasteiger charge is 2.21. The third-order valence-corrected chi connectivity index (χ3v) is 4.37. The van der Waals surface area contributed by atoms with Gasteiger partial charge in [0.1, 0.15) is 11.4 Å². The van der Waals surface area contributed by atoms with Crippen LogP contribution in [0, 0.1) is 5.82 Å². The number of aryl methyl sites for hydroxylation is 2. The molecule has 0 heterocycles. The van der Waals surface area contributed by atoms with Crippen molar-refractivity contribution in [2.45, 2.75) is 39.2 Å². The first-order chi connectivity index (χ1) is 13.8. The van der Waals surface area contributed by atoms with Crippen molar-refractivity contribution in [3.05, 3.63) is 95.3 Å². The number of carbonyl (C=O) groups excluding carboxylic acids is 1. The van der Waals surface area contributed by atoms with E-state index in [9.17, 15) is 9.18 Å². The number of nitrogens with one attached hydrogen (secondary N) is 1. The van der Waals surface area contributed by atoms with Gasteiger partial charge in [-0.2, -0.15) is 0 Å². The van der Waals surface area contributed by atoms with E-state index in [2.05, 4.69) is 17.4 Å². The zero-order chi connectivity index (χ0) is 20.9. The Kier molecular flexibility index (Phi) is 6.32. The quantitative estimate of drug-likeness (QED) is 0.500. The summed E-state index contributed by atoms with van der Waals surface area (Å²) in [4.78, 5) is 12.7. The molecule has 0 radical (unpaired) electrons. The maximum atomic E-state index is 13.2. The molecule has 0 atom stereocenters. The van der Waals surface area contributed by atoms with Crippen LogP contribution in [-0.4, -0.2) is 11.6 Å². The maximum Gasteiger partial charge on any atom is 0.340 e. The van der Waals surface area contributed by atoms with Gasteiger partial charge in [-0.05, 0) is 81.1 Å². The summed E-state index contributed by atoms with van der Waals surface area (Å²) in [5, 5.41) is 3.24. The number of ether oxygens (including phenoxy) is 1. The molecule has 0 saturated carbocycles. The molecule has 0 aliphatic carbocycles. The lowest BCUT2D eigenvalue weighted by Gasteiger charge is -2.21. The molecule has 29 heavy (non-hydrogen) atoms. The van der Waals surface area contributed by atoms with Crippen molar-refractivity contribution in [3.8, 4) is 0 Å². The SMILES string of the molecule is CC(C)(C)OC(=O)c1ccc(CCc2ccccc2)cc1Nc1ccc(F)cc1. The summed E-state index contributed by atoms with van der Waals surface area (Å²) in [6, 6.07) is 22.0. The number of rotatable bonds is 6. The molecule has 0 fully saturated rings. The van der Waals surface area contributed by atoms with Crippen LogP contribution < -0.4 is 5.32 Å². The van der Waals surface area contributed by atoms with E-state index < -0.39 is 11.6 Å². The van der Waals surface area contributed by atoms with Gasteiger partial charge in [0.05, 0.1) is 11.3 Å². The van der Waals surface area contributed by atoms with Crippen molar-refractivity contribution >= 4 is 17.3 Å². The first-order valence-electron chi connectivity index (χ1n) is 9.73. The highest BCUT2D eigenvalue weighted by atomic mass is 19.1. The lowest BCUT2D eigenvalue weighted by molar-refractivity contribution is 0.00707. The van der Waals surface area contributed by atoms with E-state index in [4.69, 9.17) is 4.74 Å². The normalized spacial score (nSPS) is 11.2. The molecule has 0 aromatic heterocycles. The Morgan fingerprint density at radius 1 is 0.897 bits per heavy atom. The third kappa shape index (κ3) is 6.18. The van der Waals surface area contributed by atoms with Crippen LogP contribution in [0.1, 0.15) is 42.3 Å². The van der Waals surface area contributed by atoms with Gasteiger partial charge in [0.15, 0.2) is 0 Å². The van der Waals surface area contributed by atoms with Gasteiger partial charge in [-0.25, -0.2) is 9.18 Å². The third-order valence-electron chi connectivity index (χ3n) is 4.37. The fourth-order valence-electron chi connectivity index (χ4n) is 2.98. The van der Waals surface area contributed by atoms with Gasteiger partial charge in [0, 0.05) is 5.69 Å². The van der Waals surface area contributed by atoms with Crippen LogP contribution >= 0.6 is 0 Å². The predicted octanol–water partition coefficient (Wildman–Crippen LogP) is 6.31.